The van der Waals surface area contributed by atoms with Crippen molar-refractivity contribution in [3.8, 4) is 0 Å². The normalized spacial score (nSPS) is 28.5. The quantitative estimate of drug-likeness (QED) is 0.662. The van der Waals surface area contributed by atoms with Gasteiger partial charge in [-0.25, -0.2) is 0 Å². The highest BCUT2D eigenvalue weighted by atomic mass is 32.1. The first-order chi connectivity index (χ1) is 5.68. The second-order valence-electron chi connectivity index (χ2n) is 3.77. The molecular weight excluding hydrogens is 168 g/mol. The van der Waals surface area contributed by atoms with E-state index in [1.54, 1.807) is 0 Å². The maximum atomic E-state index is 5.21. The van der Waals surface area contributed by atoms with Gasteiger partial charge in [0, 0.05) is 17.9 Å². The van der Waals surface area contributed by atoms with Crippen LogP contribution in [0.4, 0.5) is 0 Å². The predicted octanol–water partition coefficient (Wildman–Crippen LogP) is 2.83. The molecule has 66 valence electrons. The Morgan fingerprint density at radius 1 is 1.58 bits per heavy atom. The van der Waals surface area contributed by atoms with Gasteiger partial charge in [-0.3, -0.25) is 0 Å². The number of imidazole rings is 1. The van der Waals surface area contributed by atoms with Crippen LogP contribution in [0.1, 0.15) is 31.5 Å². The van der Waals surface area contributed by atoms with Crippen LogP contribution in [-0.4, -0.2) is 9.55 Å². The summed E-state index contributed by atoms with van der Waals surface area (Å²) >= 11 is 5.21. The lowest BCUT2D eigenvalue weighted by Crippen LogP contribution is -2.26. The molecule has 1 aliphatic carbocycles. The van der Waals surface area contributed by atoms with Gasteiger partial charge in [-0.15, -0.1) is 0 Å². The molecule has 1 aromatic heterocycles. The van der Waals surface area contributed by atoms with Crippen molar-refractivity contribution >= 4 is 12.2 Å². The highest BCUT2D eigenvalue weighted by molar-refractivity contribution is 7.71. The summed E-state index contributed by atoms with van der Waals surface area (Å²) in [7, 11) is 0. The van der Waals surface area contributed by atoms with Gasteiger partial charge in [-0.1, -0.05) is 6.92 Å². The Balaban J connectivity index is 2.33. The topological polar surface area (TPSA) is 20.7 Å². The van der Waals surface area contributed by atoms with Crippen LogP contribution in [-0.2, 0) is 0 Å². The zero-order valence-corrected chi connectivity index (χ0v) is 8.32. The summed E-state index contributed by atoms with van der Waals surface area (Å²) in [5.41, 5.74) is 1.17. The predicted molar refractivity (Wildman–Crippen MR) is 51.8 cm³/mol. The van der Waals surface area contributed by atoms with Crippen LogP contribution in [0.2, 0.25) is 0 Å². The third kappa shape index (κ3) is 1.12. The molecule has 0 amide bonds. The molecule has 0 bridgehead atoms. The van der Waals surface area contributed by atoms with Crippen LogP contribution in [0.3, 0.4) is 0 Å². The monoisotopic (exact) mass is 182 g/mol. The minimum atomic E-state index is 0.655. The number of aromatic nitrogens is 2. The van der Waals surface area contributed by atoms with Crippen LogP contribution in [0.15, 0.2) is 6.20 Å². The highest BCUT2D eigenvalue weighted by Crippen LogP contribution is 2.38. The number of aromatic amines is 1. The van der Waals surface area contributed by atoms with Crippen molar-refractivity contribution in [1.29, 1.82) is 0 Å². The number of hydrogen-bond acceptors (Lipinski definition) is 1. The summed E-state index contributed by atoms with van der Waals surface area (Å²) in [6.45, 7) is 4.34. The minimum absolute atomic E-state index is 0.655. The molecule has 12 heavy (non-hydrogen) atoms. The fourth-order valence-electron chi connectivity index (χ4n) is 1.84. The fraction of sp³-hybridized carbons (Fsp3) is 0.667. The molecule has 2 atom stereocenters. The van der Waals surface area contributed by atoms with Gasteiger partial charge in [0.1, 0.15) is 0 Å². The molecule has 0 saturated heterocycles. The second kappa shape index (κ2) is 2.73. The fourth-order valence-corrected chi connectivity index (χ4v) is 2.19. The zero-order valence-electron chi connectivity index (χ0n) is 7.50. The molecule has 1 saturated carbocycles. The van der Waals surface area contributed by atoms with Gasteiger partial charge in [-0.05, 0) is 37.9 Å². The van der Waals surface area contributed by atoms with E-state index >= 15 is 0 Å². The van der Waals surface area contributed by atoms with Gasteiger partial charge >= 0.3 is 0 Å². The van der Waals surface area contributed by atoms with Crippen LogP contribution in [0.25, 0.3) is 0 Å². The van der Waals surface area contributed by atoms with Gasteiger partial charge in [0.25, 0.3) is 0 Å². The molecule has 1 heterocycles. The molecule has 2 rings (SSSR count). The Labute approximate surface area is 77.6 Å². The van der Waals surface area contributed by atoms with Gasteiger partial charge in [0.15, 0.2) is 4.77 Å². The number of H-pyrrole nitrogens is 1. The van der Waals surface area contributed by atoms with Crippen molar-refractivity contribution in [1.82, 2.24) is 9.55 Å². The van der Waals surface area contributed by atoms with E-state index in [9.17, 15) is 0 Å². The lowest BCUT2D eigenvalue weighted by Gasteiger charge is -2.34. The van der Waals surface area contributed by atoms with Crippen LogP contribution in [0.5, 0.6) is 0 Å². The van der Waals surface area contributed by atoms with Crippen molar-refractivity contribution in [2.24, 2.45) is 5.92 Å². The highest BCUT2D eigenvalue weighted by Gasteiger charge is 2.28. The number of rotatable bonds is 1. The maximum Gasteiger partial charge on any atom is 0.177 e. The Kier molecular flexibility index (Phi) is 1.83. The molecule has 0 radical (unpaired) electrons. The molecule has 1 aliphatic rings. The van der Waals surface area contributed by atoms with Gasteiger partial charge in [0.05, 0.1) is 0 Å². The first-order valence-corrected chi connectivity index (χ1v) is 4.87. The summed E-state index contributed by atoms with van der Waals surface area (Å²) in [4.78, 5) is 3.15. The molecule has 1 aromatic rings. The SMILES string of the molecule is Cc1cn(C2CCC2C)c(=S)[nH]1. The van der Waals surface area contributed by atoms with E-state index in [-0.39, 0.29) is 0 Å². The Bertz CT molecular complexity index is 337. The van der Waals surface area contributed by atoms with Crippen molar-refractivity contribution < 1.29 is 0 Å². The molecule has 2 nitrogen and oxygen atoms in total. The third-order valence-electron chi connectivity index (χ3n) is 2.80. The van der Waals surface area contributed by atoms with Crippen molar-refractivity contribution in [3.63, 3.8) is 0 Å². The van der Waals surface area contributed by atoms with E-state index in [0.717, 1.165) is 10.7 Å². The Morgan fingerprint density at radius 2 is 2.33 bits per heavy atom. The first kappa shape index (κ1) is 8.05. The first-order valence-electron chi connectivity index (χ1n) is 4.46. The average Bonchev–Trinajstić information content (AvgIpc) is 2.28. The minimum Gasteiger partial charge on any atom is -0.335 e. The standard InChI is InChI=1S/C9H14N2S/c1-6-3-4-8(6)11-5-7(2)10-9(11)12/h5-6,8H,3-4H2,1-2H3,(H,10,12). The lowest BCUT2D eigenvalue weighted by atomic mass is 9.81. The summed E-state index contributed by atoms with van der Waals surface area (Å²) in [5, 5.41) is 0. The lowest BCUT2D eigenvalue weighted by molar-refractivity contribution is 0.199. The molecule has 3 heteroatoms. The number of nitrogens with zero attached hydrogens (tertiary/aromatic N) is 1. The third-order valence-corrected chi connectivity index (χ3v) is 3.12. The number of aryl methyl sites for hydroxylation is 1. The number of hydrogen-bond donors (Lipinski definition) is 1. The largest absolute Gasteiger partial charge is 0.335 e. The Hall–Kier alpha value is -0.570. The van der Waals surface area contributed by atoms with Gasteiger partial charge in [0.2, 0.25) is 0 Å². The van der Waals surface area contributed by atoms with Crippen LogP contribution < -0.4 is 0 Å². The summed E-state index contributed by atoms with van der Waals surface area (Å²) in [6.07, 6.45) is 4.76. The van der Waals surface area contributed by atoms with Crippen molar-refractivity contribution in [2.75, 3.05) is 0 Å². The van der Waals surface area contributed by atoms with E-state index < -0.39 is 0 Å². The number of nitrogens with one attached hydrogen (secondary N) is 1. The summed E-state index contributed by atoms with van der Waals surface area (Å²) < 4.78 is 3.09. The molecule has 1 fully saturated rings. The smallest absolute Gasteiger partial charge is 0.177 e. The van der Waals surface area contributed by atoms with E-state index in [0.29, 0.717) is 6.04 Å². The molecular formula is C9H14N2S. The van der Waals surface area contributed by atoms with E-state index in [1.807, 2.05) is 0 Å². The van der Waals surface area contributed by atoms with Gasteiger partial charge in [-0.2, -0.15) is 0 Å². The summed E-state index contributed by atoms with van der Waals surface area (Å²) in [5.74, 6) is 0.798. The summed E-state index contributed by atoms with van der Waals surface area (Å²) in [6, 6.07) is 0.655. The van der Waals surface area contributed by atoms with Crippen LogP contribution >= 0.6 is 12.2 Å². The van der Waals surface area contributed by atoms with Crippen molar-refractivity contribution in [2.45, 2.75) is 32.7 Å². The van der Waals surface area contributed by atoms with Crippen LogP contribution in [0, 0.1) is 17.6 Å². The molecule has 0 aromatic carbocycles. The van der Waals surface area contributed by atoms with E-state index in [2.05, 4.69) is 29.6 Å². The molecule has 0 spiro atoms. The molecule has 2 unspecified atom stereocenters. The average molecular weight is 182 g/mol. The van der Waals surface area contributed by atoms with Crippen molar-refractivity contribution in [3.05, 3.63) is 16.7 Å². The van der Waals surface area contributed by atoms with Gasteiger partial charge < -0.3 is 9.55 Å². The van der Waals surface area contributed by atoms with E-state index in [4.69, 9.17) is 12.2 Å². The molecule has 1 N–H and O–H groups in total. The van der Waals surface area contributed by atoms with E-state index in [1.165, 1.54) is 18.5 Å². The second-order valence-corrected chi connectivity index (χ2v) is 4.16. The molecule has 0 aliphatic heterocycles. The maximum absolute atomic E-state index is 5.21. The zero-order chi connectivity index (χ0) is 8.72. The Morgan fingerprint density at radius 3 is 2.67 bits per heavy atom.